The van der Waals surface area contributed by atoms with Gasteiger partial charge in [0, 0.05) is 23.1 Å². The molecule has 2 atom stereocenters. The largest absolute Gasteiger partial charge is 0.493 e. The smallest absolute Gasteiger partial charge is 0.315 e. The van der Waals surface area contributed by atoms with Gasteiger partial charge in [0.1, 0.15) is 12.6 Å². The van der Waals surface area contributed by atoms with Crippen molar-refractivity contribution in [2.24, 2.45) is 0 Å². The molecule has 0 saturated heterocycles. The van der Waals surface area contributed by atoms with Crippen LogP contribution in [0.3, 0.4) is 0 Å². The standard InChI is InChI=1S/C25H35N3O3/c1-17-7-9-18(10-8-17)16-28-12-11-19-13-22(30-5)23(31-6)14-20(19)21(28)15-26-24(29)27-25(2,3)4/h7-10,13-14,21H,11-12,15-16H2,1-6H3,(H2,26,27,29)/p+1/t21-/m0/s1. The van der Waals surface area contributed by atoms with E-state index in [2.05, 4.69) is 54.0 Å². The lowest BCUT2D eigenvalue weighted by atomic mass is 9.91. The van der Waals surface area contributed by atoms with Gasteiger partial charge in [-0.25, -0.2) is 4.79 Å². The Hall–Kier alpha value is -2.73. The Labute approximate surface area is 185 Å². The molecule has 2 aromatic carbocycles. The molecule has 2 amide bonds. The van der Waals surface area contributed by atoms with Crippen molar-refractivity contribution in [3.63, 3.8) is 0 Å². The van der Waals surface area contributed by atoms with Gasteiger partial charge in [-0.05, 0) is 45.4 Å². The van der Waals surface area contributed by atoms with Crippen LogP contribution < -0.4 is 25.0 Å². The SMILES string of the molecule is COc1cc2c(cc1OC)[C@H](CNC(=O)NC(C)(C)C)[NH+](Cc1ccc(C)cc1)CC2. The van der Waals surface area contributed by atoms with E-state index in [9.17, 15) is 4.79 Å². The molecule has 1 aliphatic rings. The van der Waals surface area contributed by atoms with Gasteiger partial charge < -0.3 is 25.0 Å². The monoisotopic (exact) mass is 426 g/mol. The van der Waals surface area contributed by atoms with Crippen molar-refractivity contribution in [1.29, 1.82) is 0 Å². The number of amides is 2. The van der Waals surface area contributed by atoms with E-state index in [0.717, 1.165) is 31.0 Å². The first kappa shape index (κ1) is 22.9. The van der Waals surface area contributed by atoms with Crippen LogP contribution in [0.4, 0.5) is 4.79 Å². The molecule has 1 aliphatic heterocycles. The maximum Gasteiger partial charge on any atom is 0.315 e. The summed E-state index contributed by atoms with van der Waals surface area (Å²) in [4.78, 5) is 13.9. The lowest BCUT2D eigenvalue weighted by Crippen LogP contribution is -3.12. The average Bonchev–Trinajstić information content (AvgIpc) is 2.72. The molecular weight excluding hydrogens is 390 g/mol. The molecule has 1 heterocycles. The third-order valence-electron chi connectivity index (χ3n) is 5.74. The third kappa shape index (κ3) is 5.91. The molecule has 0 bridgehead atoms. The van der Waals surface area contributed by atoms with Crippen molar-refractivity contribution in [3.05, 3.63) is 58.7 Å². The Morgan fingerprint density at radius 3 is 2.35 bits per heavy atom. The van der Waals surface area contributed by atoms with Gasteiger partial charge in [-0.1, -0.05) is 29.8 Å². The summed E-state index contributed by atoms with van der Waals surface area (Å²) in [6.07, 6.45) is 0.960. The molecule has 168 valence electrons. The Morgan fingerprint density at radius 2 is 1.74 bits per heavy atom. The van der Waals surface area contributed by atoms with Crippen molar-refractivity contribution >= 4 is 6.03 Å². The number of rotatable bonds is 6. The average molecular weight is 427 g/mol. The molecule has 0 aromatic heterocycles. The predicted octanol–water partition coefficient (Wildman–Crippen LogP) is 2.79. The zero-order chi connectivity index (χ0) is 22.6. The van der Waals surface area contributed by atoms with Crippen LogP contribution in [0.1, 0.15) is 49.1 Å². The molecule has 0 aliphatic carbocycles. The second-order valence-electron chi connectivity index (χ2n) is 9.36. The molecule has 2 aromatic rings. The zero-order valence-electron chi connectivity index (χ0n) is 19.6. The number of aryl methyl sites for hydroxylation is 1. The third-order valence-corrected chi connectivity index (χ3v) is 5.74. The fourth-order valence-corrected chi connectivity index (χ4v) is 4.18. The minimum atomic E-state index is -0.278. The Balaban J connectivity index is 1.88. The van der Waals surface area contributed by atoms with Gasteiger partial charge in [-0.15, -0.1) is 0 Å². The van der Waals surface area contributed by atoms with Crippen LogP contribution in [0.2, 0.25) is 0 Å². The summed E-state index contributed by atoms with van der Waals surface area (Å²) in [5.41, 5.74) is 4.75. The number of carbonyl (C=O) groups excluding carboxylic acids is 1. The van der Waals surface area contributed by atoms with Gasteiger partial charge in [-0.2, -0.15) is 0 Å². The van der Waals surface area contributed by atoms with Gasteiger partial charge >= 0.3 is 6.03 Å². The number of nitrogens with one attached hydrogen (secondary N) is 3. The number of methoxy groups -OCH3 is 2. The highest BCUT2D eigenvalue weighted by atomic mass is 16.5. The van der Waals surface area contributed by atoms with Crippen LogP contribution in [-0.2, 0) is 13.0 Å². The van der Waals surface area contributed by atoms with Crippen LogP contribution in [-0.4, -0.2) is 38.9 Å². The number of quaternary nitrogens is 1. The Morgan fingerprint density at radius 1 is 1.10 bits per heavy atom. The van der Waals surface area contributed by atoms with Gasteiger partial charge in [0.15, 0.2) is 11.5 Å². The maximum atomic E-state index is 12.5. The fourth-order valence-electron chi connectivity index (χ4n) is 4.18. The highest BCUT2D eigenvalue weighted by Crippen LogP contribution is 2.34. The maximum absolute atomic E-state index is 12.5. The van der Waals surface area contributed by atoms with Crippen LogP contribution in [0.25, 0.3) is 0 Å². The second-order valence-corrected chi connectivity index (χ2v) is 9.36. The predicted molar refractivity (Wildman–Crippen MR) is 123 cm³/mol. The number of hydrogen-bond acceptors (Lipinski definition) is 3. The van der Waals surface area contributed by atoms with Crippen molar-refractivity contribution < 1.29 is 19.2 Å². The molecule has 3 rings (SSSR count). The molecule has 3 N–H and O–H groups in total. The lowest BCUT2D eigenvalue weighted by molar-refractivity contribution is -0.945. The summed E-state index contributed by atoms with van der Waals surface area (Å²) in [6.45, 7) is 10.5. The Bertz CT molecular complexity index is 903. The molecule has 6 heteroatoms. The van der Waals surface area contributed by atoms with E-state index >= 15 is 0 Å². The van der Waals surface area contributed by atoms with Gasteiger partial charge in [0.25, 0.3) is 0 Å². The number of hydrogen-bond donors (Lipinski definition) is 3. The lowest BCUT2D eigenvalue weighted by Gasteiger charge is -2.35. The highest BCUT2D eigenvalue weighted by molar-refractivity contribution is 5.74. The van der Waals surface area contributed by atoms with Crippen LogP contribution in [0.15, 0.2) is 36.4 Å². The van der Waals surface area contributed by atoms with Gasteiger partial charge in [-0.3, -0.25) is 0 Å². The van der Waals surface area contributed by atoms with Crippen LogP contribution in [0, 0.1) is 6.92 Å². The molecule has 0 fully saturated rings. The first-order valence-corrected chi connectivity index (χ1v) is 10.9. The number of fused-ring (bicyclic) bond motifs is 1. The quantitative estimate of drug-likeness (QED) is 0.666. The van der Waals surface area contributed by atoms with E-state index in [4.69, 9.17) is 9.47 Å². The zero-order valence-corrected chi connectivity index (χ0v) is 19.6. The normalized spacial score (nSPS) is 18.1. The van der Waals surface area contributed by atoms with E-state index in [-0.39, 0.29) is 17.6 Å². The summed E-state index contributed by atoms with van der Waals surface area (Å²) in [7, 11) is 3.33. The van der Waals surface area contributed by atoms with E-state index < -0.39 is 0 Å². The van der Waals surface area contributed by atoms with Crippen LogP contribution >= 0.6 is 0 Å². The van der Waals surface area contributed by atoms with Gasteiger partial charge in [0.05, 0.1) is 27.3 Å². The van der Waals surface area contributed by atoms with E-state index in [1.54, 1.807) is 14.2 Å². The van der Waals surface area contributed by atoms with Crippen molar-refractivity contribution in [1.82, 2.24) is 10.6 Å². The minimum absolute atomic E-state index is 0.121. The van der Waals surface area contributed by atoms with Crippen LogP contribution in [0.5, 0.6) is 11.5 Å². The summed E-state index contributed by atoms with van der Waals surface area (Å²) in [5, 5.41) is 6.09. The summed E-state index contributed by atoms with van der Waals surface area (Å²) < 4.78 is 11.1. The topological polar surface area (TPSA) is 64.0 Å². The highest BCUT2D eigenvalue weighted by Gasteiger charge is 2.33. The van der Waals surface area contributed by atoms with E-state index in [0.29, 0.717) is 6.54 Å². The number of urea groups is 1. The number of ether oxygens (including phenoxy) is 2. The molecular formula is C25H36N3O3+. The van der Waals surface area contributed by atoms with Crippen molar-refractivity contribution in [2.45, 2.75) is 52.2 Å². The molecule has 0 radical (unpaired) electrons. The van der Waals surface area contributed by atoms with E-state index in [1.807, 2.05) is 20.8 Å². The molecule has 1 unspecified atom stereocenters. The van der Waals surface area contributed by atoms with Crippen molar-refractivity contribution in [3.8, 4) is 11.5 Å². The molecule has 31 heavy (non-hydrogen) atoms. The minimum Gasteiger partial charge on any atom is -0.493 e. The summed E-state index contributed by atoms with van der Waals surface area (Å²) >= 11 is 0. The molecule has 6 nitrogen and oxygen atoms in total. The number of benzene rings is 2. The summed E-state index contributed by atoms with van der Waals surface area (Å²) in [6, 6.07) is 12.8. The van der Waals surface area contributed by atoms with Crippen molar-refractivity contribution in [2.75, 3.05) is 27.3 Å². The van der Waals surface area contributed by atoms with E-state index in [1.165, 1.54) is 27.2 Å². The van der Waals surface area contributed by atoms with Gasteiger partial charge in [0.2, 0.25) is 0 Å². The summed E-state index contributed by atoms with van der Waals surface area (Å²) in [5.74, 6) is 1.47. The molecule has 0 saturated carbocycles. The number of carbonyl (C=O) groups is 1. The first-order chi connectivity index (χ1) is 14.7. The molecule has 0 spiro atoms. The Kier molecular flexibility index (Phi) is 7.11. The first-order valence-electron chi connectivity index (χ1n) is 10.9. The fraction of sp³-hybridized carbons (Fsp3) is 0.480. The second kappa shape index (κ2) is 9.60.